The molecule has 16 nitrogen and oxygen atoms in total. The fourth-order valence-electron chi connectivity index (χ4n) is 11.9. The molecule has 416 valence electrons. The molecule has 75 heavy (non-hydrogen) atoms. The molecule has 0 spiro atoms. The molecule has 0 saturated heterocycles. The lowest BCUT2D eigenvalue weighted by molar-refractivity contribution is -0.941. The molecule has 1 unspecified atom stereocenters. The zero-order valence-electron chi connectivity index (χ0n) is 46.0. The lowest BCUT2D eigenvalue weighted by Crippen LogP contribution is -3.00. The van der Waals surface area contributed by atoms with Gasteiger partial charge in [-0.2, -0.15) is 0 Å². The number of hydrogen-bond donors (Lipinski definition) is 2. The van der Waals surface area contributed by atoms with Gasteiger partial charge in [-0.05, 0) is 104 Å². The van der Waals surface area contributed by atoms with E-state index in [1.54, 1.807) is 71.1 Å². The molecule has 0 saturated carbocycles. The topological polar surface area (TPSA) is 167 Å². The minimum Gasteiger partial charge on any atom is -1.00 e. The van der Waals surface area contributed by atoms with Crippen LogP contribution in [0.1, 0.15) is 103 Å². The molecule has 0 aliphatic carbocycles. The highest BCUT2D eigenvalue weighted by Crippen LogP contribution is 2.50. The van der Waals surface area contributed by atoms with Crippen LogP contribution in [0.25, 0.3) is 0 Å². The number of carbonyl (C=O) groups is 2. The van der Waals surface area contributed by atoms with Gasteiger partial charge in [0.25, 0.3) is 0 Å². The van der Waals surface area contributed by atoms with Gasteiger partial charge in [-0.15, -0.1) is 0 Å². The zero-order valence-corrected chi connectivity index (χ0v) is 47.5. The summed E-state index contributed by atoms with van der Waals surface area (Å²) >= 11 is 0. The van der Waals surface area contributed by atoms with Crippen LogP contribution < -0.4 is 72.2 Å². The maximum absolute atomic E-state index is 14.0. The van der Waals surface area contributed by atoms with Crippen molar-refractivity contribution in [3.63, 3.8) is 0 Å². The van der Waals surface area contributed by atoms with Crippen molar-refractivity contribution in [1.29, 1.82) is 0 Å². The van der Waals surface area contributed by atoms with E-state index in [9.17, 15) is 19.8 Å². The fourth-order valence-corrected chi connectivity index (χ4v) is 11.9. The number of unbranched alkanes of at least 4 members (excludes halogenated alkanes) is 2. The Morgan fingerprint density at radius 1 is 0.507 bits per heavy atom. The molecule has 2 N–H and O–H groups in total. The highest BCUT2D eigenvalue weighted by molar-refractivity contribution is 5.74. The third-order valence-corrected chi connectivity index (χ3v) is 15.9. The van der Waals surface area contributed by atoms with Gasteiger partial charge in [0, 0.05) is 42.4 Å². The number of fused-ring (bicyclic) bond motifs is 2. The number of quaternary nitrogens is 2. The van der Waals surface area contributed by atoms with Gasteiger partial charge in [0.05, 0.1) is 117 Å². The number of rotatable bonds is 28. The lowest BCUT2D eigenvalue weighted by atomic mass is 9.74. The first-order valence-corrected chi connectivity index (χ1v) is 25.3. The summed E-state index contributed by atoms with van der Waals surface area (Å²) in [5.74, 6) is 4.20. The van der Waals surface area contributed by atoms with E-state index in [1.807, 2.05) is 24.3 Å². The van der Waals surface area contributed by atoms with Crippen molar-refractivity contribution < 1.29 is 101 Å². The molecule has 0 radical (unpaired) electrons. The van der Waals surface area contributed by atoms with Gasteiger partial charge in [-0.1, -0.05) is 12.8 Å². The number of likely N-dealkylation sites (N-methyl/N-ethyl adjacent to an activating group) is 2. The average molecular weight is 1090 g/mol. The molecule has 4 aromatic rings. The highest BCUT2D eigenvalue weighted by Gasteiger charge is 2.45. The van der Waals surface area contributed by atoms with Crippen molar-refractivity contribution in [3.05, 3.63) is 81.9 Å². The Kier molecular flexibility index (Phi) is 22.6. The first kappa shape index (κ1) is 61.9. The number of hydrogen-bond acceptors (Lipinski definition) is 12. The number of ether oxygens (including phenoxy) is 10. The molecule has 0 aromatic heterocycles. The van der Waals surface area contributed by atoms with E-state index in [4.69, 9.17) is 47.4 Å². The molecule has 2 aliphatic heterocycles. The second-order valence-electron chi connectivity index (χ2n) is 20.0. The largest absolute Gasteiger partial charge is 1.00 e. The predicted molar refractivity (Wildman–Crippen MR) is 278 cm³/mol. The predicted octanol–water partition coefficient (Wildman–Crippen LogP) is 3.53. The monoisotopic (exact) mass is 1090 g/mol. The average Bonchev–Trinajstić information content (AvgIpc) is 3.39. The Hall–Kier alpha value is -5.68. The minimum atomic E-state index is -1.05. The van der Waals surface area contributed by atoms with Gasteiger partial charge in [-0.3, -0.25) is 9.59 Å². The van der Waals surface area contributed by atoms with Crippen molar-refractivity contribution in [3.8, 4) is 57.5 Å². The number of carboxylic acids is 2. The summed E-state index contributed by atoms with van der Waals surface area (Å²) in [6.07, 6.45) is 6.65. The molecular formula is C57H80Cl2N2O14. The van der Waals surface area contributed by atoms with Crippen LogP contribution >= 0.6 is 0 Å². The molecule has 2 aliphatic rings. The first-order valence-electron chi connectivity index (χ1n) is 25.3. The highest BCUT2D eigenvalue weighted by atomic mass is 35.5. The van der Waals surface area contributed by atoms with Gasteiger partial charge in [-0.25, -0.2) is 0 Å². The summed E-state index contributed by atoms with van der Waals surface area (Å²) in [5.41, 5.74) is 5.49. The standard InChI is InChI=1S/C57H78N2O14.2ClH/c1-58(26-19-38-31-44(64-3)46(66-5)35-41(38)43(58)28-37-29-48(68-7)54(72-11)49(30-37)69-8)24-16-22-57(56(62)63,21-15-13-14-18-52(60)61)23-17-25-59(2)27-20-39-32-45(65-4)47(67-6)36-42(39)53(59)40-33-50(70-9)55(73-12)51(34-40)71-10;;/h29-36,43,53H,13-28H2,1-12H3;2*1H/t43-,53+,57?,58+,59-;;/m1../s1. The Balaban J connectivity index is 0.00000608. The van der Waals surface area contributed by atoms with Crippen molar-refractivity contribution >= 4 is 11.9 Å². The number of nitrogens with zero attached hydrogens (tertiary/aromatic N) is 2. The molecule has 18 heteroatoms. The van der Waals surface area contributed by atoms with Crippen LogP contribution in [0.5, 0.6) is 57.5 Å². The van der Waals surface area contributed by atoms with Gasteiger partial charge in [0.2, 0.25) is 11.5 Å². The maximum Gasteiger partial charge on any atom is 0.309 e. The Labute approximate surface area is 456 Å². The summed E-state index contributed by atoms with van der Waals surface area (Å²) in [6.45, 7) is 3.00. The Morgan fingerprint density at radius 2 is 0.920 bits per heavy atom. The van der Waals surface area contributed by atoms with Crippen LogP contribution in [0.2, 0.25) is 0 Å². The third kappa shape index (κ3) is 13.5. The molecule has 0 fully saturated rings. The summed E-state index contributed by atoms with van der Waals surface area (Å²) < 4.78 is 59.2. The molecule has 0 bridgehead atoms. The van der Waals surface area contributed by atoms with E-state index in [-0.39, 0.29) is 43.3 Å². The van der Waals surface area contributed by atoms with Crippen molar-refractivity contribution in [1.82, 2.24) is 0 Å². The molecular weight excluding hydrogens is 1010 g/mol. The second kappa shape index (κ2) is 27.4. The van der Waals surface area contributed by atoms with Gasteiger partial charge in [0.15, 0.2) is 46.0 Å². The van der Waals surface area contributed by atoms with Crippen LogP contribution in [0, 0.1) is 5.41 Å². The normalized spacial score (nSPS) is 19.3. The SMILES string of the molecule is COc1cc2c(cc1OC)[C@H](c1cc(OC)c(OC)c(OC)c1)[N@+](C)(CCCC(CCCCCC(=O)O)(CCC[N@@+]1(C)CCc3cc(OC)c(OC)cc3[C@H]1Cc1cc(OC)c(OC)c(OC)c1)C(=O)O)CC2.[Cl-].[Cl-]. The number of aliphatic carboxylic acids is 2. The maximum atomic E-state index is 14.0. The van der Waals surface area contributed by atoms with Gasteiger partial charge < -0.3 is 91.4 Å². The zero-order chi connectivity index (χ0) is 53.1. The number of methoxy groups -OCH3 is 10. The quantitative estimate of drug-likeness (QED) is 0.0627. The summed E-state index contributed by atoms with van der Waals surface area (Å²) in [6, 6.07) is 16.1. The van der Waals surface area contributed by atoms with Crippen molar-refractivity contribution in [2.24, 2.45) is 5.41 Å². The van der Waals surface area contributed by atoms with Gasteiger partial charge >= 0.3 is 11.9 Å². The molecule has 0 amide bonds. The lowest BCUT2D eigenvalue weighted by Gasteiger charge is -2.47. The van der Waals surface area contributed by atoms with E-state index < -0.39 is 17.4 Å². The molecule has 5 atom stereocenters. The summed E-state index contributed by atoms with van der Waals surface area (Å²) in [4.78, 5) is 25.5. The van der Waals surface area contributed by atoms with E-state index in [2.05, 4.69) is 38.4 Å². The molecule has 4 aromatic carbocycles. The minimum absolute atomic E-state index is 0. The third-order valence-electron chi connectivity index (χ3n) is 15.9. The second-order valence-corrected chi connectivity index (χ2v) is 20.0. The van der Waals surface area contributed by atoms with E-state index in [0.717, 1.165) is 60.3 Å². The summed E-state index contributed by atoms with van der Waals surface area (Å²) in [5, 5.41) is 20.9. The van der Waals surface area contributed by atoms with Crippen molar-refractivity contribution in [2.75, 3.05) is 111 Å². The van der Waals surface area contributed by atoms with E-state index >= 15 is 0 Å². The molecule has 6 rings (SSSR count). The summed E-state index contributed by atoms with van der Waals surface area (Å²) in [7, 11) is 20.8. The first-order chi connectivity index (χ1) is 35.0. The smallest absolute Gasteiger partial charge is 0.309 e. The van der Waals surface area contributed by atoms with Gasteiger partial charge in [0.1, 0.15) is 12.1 Å². The number of carboxylic acid groups (broad SMARTS) is 2. The fraction of sp³-hybridized carbons (Fsp3) is 0.544. The molecule has 2 heterocycles. The number of benzene rings is 4. The Morgan fingerprint density at radius 3 is 1.37 bits per heavy atom. The van der Waals surface area contributed by atoms with Crippen LogP contribution in [0.4, 0.5) is 0 Å². The van der Waals surface area contributed by atoms with E-state index in [1.165, 1.54) is 5.56 Å². The van der Waals surface area contributed by atoms with Crippen LogP contribution in [-0.2, 0) is 28.9 Å². The van der Waals surface area contributed by atoms with Crippen LogP contribution in [0.15, 0.2) is 48.5 Å². The van der Waals surface area contributed by atoms with Crippen molar-refractivity contribution in [2.45, 2.75) is 89.1 Å². The Bertz CT molecular complexity index is 2510. The number of halogens is 2. The van der Waals surface area contributed by atoms with E-state index in [0.29, 0.717) is 131 Å². The van der Waals surface area contributed by atoms with Crippen LogP contribution in [0.3, 0.4) is 0 Å². The van der Waals surface area contributed by atoms with Crippen LogP contribution in [-0.4, -0.2) is 142 Å².